The Balaban J connectivity index is 1.64. The lowest BCUT2D eigenvalue weighted by Crippen LogP contribution is -2.47. The van der Waals surface area contributed by atoms with Gasteiger partial charge in [-0.2, -0.15) is 17.6 Å². The molecule has 0 aliphatic carbocycles. The number of carbonyl (C=O) groups excluding carboxylic acids is 2. The van der Waals surface area contributed by atoms with Gasteiger partial charge in [-0.1, -0.05) is 13.0 Å². The number of benzene rings is 1. The fraction of sp³-hybridized carbons (Fsp3) is 0.519. The predicted molar refractivity (Wildman–Crippen MR) is 135 cm³/mol. The van der Waals surface area contributed by atoms with Gasteiger partial charge < -0.3 is 24.6 Å². The van der Waals surface area contributed by atoms with E-state index in [9.17, 15) is 35.9 Å². The molecule has 2 saturated heterocycles. The molecule has 3 heterocycles. The monoisotopic (exact) mass is 588 g/mol. The number of hydrogen-bond acceptors (Lipinski definition) is 6. The van der Waals surface area contributed by atoms with E-state index in [0.29, 0.717) is 0 Å². The van der Waals surface area contributed by atoms with Crippen LogP contribution in [0.2, 0.25) is 0 Å². The molecule has 2 aliphatic heterocycles. The van der Waals surface area contributed by atoms with Gasteiger partial charge in [-0.3, -0.25) is 14.6 Å². The molecule has 14 heteroatoms. The molecule has 4 rings (SSSR count). The molecule has 0 spiro atoms. The molecule has 2 amide bonds. The molecule has 224 valence electrons. The molecule has 2 aromatic rings. The lowest BCUT2D eigenvalue weighted by molar-refractivity contribution is -0.272. The first-order valence-electron chi connectivity index (χ1n) is 12.7. The largest absolute Gasteiger partial charge is 0.493 e. The van der Waals surface area contributed by atoms with Crippen LogP contribution in [0.3, 0.4) is 0 Å². The number of rotatable bonds is 6. The topological polar surface area (TPSA) is 84.0 Å². The average molecular weight is 589 g/mol. The summed E-state index contributed by atoms with van der Waals surface area (Å²) in [4.78, 5) is 33.4. The summed E-state index contributed by atoms with van der Waals surface area (Å²) in [6.45, 7) is 1.95. The van der Waals surface area contributed by atoms with Crippen LogP contribution in [0.15, 0.2) is 30.5 Å². The number of ether oxygens (including phenoxy) is 2. The van der Waals surface area contributed by atoms with Crippen LogP contribution in [0, 0.1) is 17.6 Å². The van der Waals surface area contributed by atoms with Crippen molar-refractivity contribution in [3.8, 4) is 5.75 Å². The lowest BCUT2D eigenvalue weighted by Gasteiger charge is -2.32. The van der Waals surface area contributed by atoms with Crippen molar-refractivity contribution in [2.75, 3.05) is 39.6 Å². The van der Waals surface area contributed by atoms with Crippen molar-refractivity contribution in [3.63, 3.8) is 0 Å². The highest BCUT2D eigenvalue weighted by molar-refractivity contribution is 5.98. The Bertz CT molecular complexity index is 1330. The van der Waals surface area contributed by atoms with Crippen LogP contribution in [0.1, 0.15) is 35.8 Å². The highest BCUT2D eigenvalue weighted by Gasteiger charge is 2.66. The van der Waals surface area contributed by atoms with E-state index in [-0.39, 0.29) is 30.0 Å². The fourth-order valence-electron chi connectivity index (χ4n) is 5.44. The highest BCUT2D eigenvalue weighted by atomic mass is 19.4. The van der Waals surface area contributed by atoms with Gasteiger partial charge in [-0.15, -0.1) is 0 Å². The first kappa shape index (κ1) is 30.6. The molecule has 1 aromatic carbocycles. The van der Waals surface area contributed by atoms with E-state index in [0.717, 1.165) is 26.2 Å². The van der Waals surface area contributed by atoms with Gasteiger partial charge in [0.05, 0.1) is 19.7 Å². The summed E-state index contributed by atoms with van der Waals surface area (Å²) in [6, 6.07) is 3.82. The van der Waals surface area contributed by atoms with E-state index in [1.807, 2.05) is 0 Å². The van der Waals surface area contributed by atoms with E-state index in [1.165, 1.54) is 30.2 Å². The molecule has 0 bridgehead atoms. The van der Waals surface area contributed by atoms with E-state index < -0.39 is 71.1 Å². The quantitative estimate of drug-likeness (QED) is 0.511. The zero-order valence-corrected chi connectivity index (χ0v) is 22.9. The molecule has 1 aromatic heterocycles. The van der Waals surface area contributed by atoms with Gasteiger partial charge in [0.2, 0.25) is 5.82 Å². The van der Waals surface area contributed by atoms with Crippen molar-refractivity contribution >= 4 is 17.5 Å². The summed E-state index contributed by atoms with van der Waals surface area (Å²) >= 11 is 0. The molecule has 0 saturated carbocycles. The maximum Gasteiger partial charge on any atom is 0.417 e. The molecule has 0 radical (unpaired) electrons. The van der Waals surface area contributed by atoms with Gasteiger partial charge in [-0.25, -0.2) is 8.78 Å². The lowest BCUT2D eigenvalue weighted by atomic mass is 9.77. The van der Waals surface area contributed by atoms with Gasteiger partial charge in [-0.05, 0) is 39.2 Å². The molecule has 1 N–H and O–H groups in total. The van der Waals surface area contributed by atoms with Crippen molar-refractivity contribution in [2.24, 2.45) is 5.92 Å². The summed E-state index contributed by atoms with van der Waals surface area (Å²) < 4.78 is 95.7. The number of anilines is 1. The second-order valence-corrected chi connectivity index (χ2v) is 10.6. The Kier molecular flexibility index (Phi) is 8.29. The second-order valence-electron chi connectivity index (χ2n) is 10.6. The van der Waals surface area contributed by atoms with Gasteiger partial charge in [0.1, 0.15) is 18.0 Å². The van der Waals surface area contributed by atoms with Crippen molar-refractivity contribution in [3.05, 3.63) is 53.4 Å². The number of likely N-dealkylation sites (tertiary alicyclic amines) is 1. The first-order chi connectivity index (χ1) is 19.1. The van der Waals surface area contributed by atoms with E-state index in [4.69, 9.17) is 9.47 Å². The molecule has 6 atom stereocenters. The van der Waals surface area contributed by atoms with Crippen LogP contribution in [-0.2, 0) is 9.53 Å². The van der Waals surface area contributed by atoms with Gasteiger partial charge in [0.15, 0.2) is 17.2 Å². The number of methoxy groups -OCH3 is 1. The van der Waals surface area contributed by atoms with Crippen LogP contribution >= 0.6 is 0 Å². The number of nitrogens with one attached hydrogen (secondary N) is 1. The maximum absolute atomic E-state index is 14.6. The van der Waals surface area contributed by atoms with Crippen molar-refractivity contribution in [1.29, 1.82) is 0 Å². The van der Waals surface area contributed by atoms with Crippen molar-refractivity contribution in [2.45, 2.75) is 49.9 Å². The number of aromatic nitrogens is 1. The Morgan fingerprint density at radius 3 is 2.46 bits per heavy atom. The summed E-state index contributed by atoms with van der Waals surface area (Å²) in [5.74, 6) is -7.78. The first-order valence-corrected chi connectivity index (χ1v) is 12.7. The number of nitrogens with zero attached hydrogens (tertiary/aromatic N) is 3. The SMILES string of the molecule is COc1c([C@H]2[C@H](C(=O)Nc3ccnc(C(=O)N4C[C@H](F)[C@@H](N(C)C)C4)c3)O[C@@](C)(C(F)(F)F)[C@H]2C)ccc(F)c1F. The van der Waals surface area contributed by atoms with Crippen LogP contribution < -0.4 is 10.1 Å². The summed E-state index contributed by atoms with van der Waals surface area (Å²) in [5, 5.41) is 2.45. The van der Waals surface area contributed by atoms with E-state index >= 15 is 0 Å². The van der Waals surface area contributed by atoms with Crippen LogP contribution in [-0.4, -0.2) is 91.0 Å². The second kappa shape index (κ2) is 11.1. The number of halogens is 6. The highest BCUT2D eigenvalue weighted by Crippen LogP contribution is 2.55. The van der Waals surface area contributed by atoms with Crippen molar-refractivity contribution < 1.29 is 45.4 Å². The number of alkyl halides is 4. The Morgan fingerprint density at radius 1 is 1.20 bits per heavy atom. The molecule has 2 fully saturated rings. The van der Waals surface area contributed by atoms with E-state index in [1.54, 1.807) is 19.0 Å². The zero-order chi connectivity index (χ0) is 30.4. The Labute approximate surface area is 232 Å². The number of amides is 2. The fourth-order valence-corrected chi connectivity index (χ4v) is 5.44. The number of carbonyl (C=O) groups is 2. The minimum Gasteiger partial charge on any atom is -0.493 e. The summed E-state index contributed by atoms with van der Waals surface area (Å²) in [5.41, 5.74) is -3.10. The van der Waals surface area contributed by atoms with Crippen LogP contribution in [0.25, 0.3) is 0 Å². The van der Waals surface area contributed by atoms with Gasteiger partial charge in [0, 0.05) is 35.8 Å². The average Bonchev–Trinajstić information content (AvgIpc) is 3.43. The molecule has 2 aliphatic rings. The Morgan fingerprint density at radius 2 is 1.88 bits per heavy atom. The zero-order valence-electron chi connectivity index (χ0n) is 22.9. The molecular weight excluding hydrogens is 558 g/mol. The predicted octanol–water partition coefficient (Wildman–Crippen LogP) is 4.17. The van der Waals surface area contributed by atoms with Crippen LogP contribution in [0.4, 0.5) is 32.0 Å². The molecule has 8 nitrogen and oxygen atoms in total. The minimum absolute atomic E-state index is 0.0152. The van der Waals surface area contributed by atoms with Crippen molar-refractivity contribution in [1.82, 2.24) is 14.8 Å². The number of pyridine rings is 1. The van der Waals surface area contributed by atoms with Gasteiger partial charge >= 0.3 is 6.18 Å². The maximum atomic E-state index is 14.6. The third-order valence-electron chi connectivity index (χ3n) is 7.99. The number of likely N-dealkylation sites (N-methyl/N-ethyl adjacent to an activating group) is 1. The summed E-state index contributed by atoms with van der Waals surface area (Å²) in [7, 11) is 4.42. The smallest absolute Gasteiger partial charge is 0.417 e. The summed E-state index contributed by atoms with van der Waals surface area (Å²) in [6.07, 6.45) is -6.79. The third-order valence-corrected chi connectivity index (χ3v) is 7.99. The normalized spacial score (nSPS) is 28.3. The molecular formula is C27H30F6N4O4. The van der Waals surface area contributed by atoms with E-state index in [2.05, 4.69) is 10.3 Å². The molecule has 41 heavy (non-hydrogen) atoms. The number of hydrogen-bond donors (Lipinski definition) is 1. The Hall–Kier alpha value is -3.39. The standard InChI is InChI=1S/C27H30F6N4O4/c1-13-20(15-6-7-16(28)21(30)22(15)40-5)23(41-26(13,2)27(31,32)33)24(38)35-14-8-9-34-18(10-14)25(39)37-11-17(29)19(12-37)36(3)4/h6-10,13,17,19-20,23H,11-12H2,1-5H3,(H,34,35,38)/t13-,17-,19-,20-,23+,26+/m0/s1. The van der Waals surface area contributed by atoms with Gasteiger partial charge in [0.25, 0.3) is 11.8 Å². The van der Waals surface area contributed by atoms with Crippen LogP contribution in [0.5, 0.6) is 5.75 Å². The minimum atomic E-state index is -4.92. The third kappa shape index (κ3) is 5.46. The molecule has 0 unspecified atom stereocenters.